The lowest BCUT2D eigenvalue weighted by Gasteiger charge is -2.07. The Morgan fingerprint density at radius 3 is 2.83 bits per heavy atom. The molecule has 0 bridgehead atoms. The fourth-order valence-corrected chi connectivity index (χ4v) is 3.26. The van der Waals surface area contributed by atoms with Crippen LogP contribution in [0.4, 0.5) is 9.93 Å². The highest BCUT2D eigenvalue weighted by Gasteiger charge is 2.10. The first-order chi connectivity index (χ1) is 11.7. The van der Waals surface area contributed by atoms with E-state index >= 15 is 0 Å². The van der Waals surface area contributed by atoms with E-state index in [0.717, 1.165) is 27.0 Å². The van der Waals surface area contributed by atoms with E-state index in [1.165, 1.54) is 11.3 Å². The summed E-state index contributed by atoms with van der Waals surface area (Å²) in [7, 11) is 2.02. The van der Waals surface area contributed by atoms with Gasteiger partial charge in [-0.3, -0.25) is 5.32 Å². The van der Waals surface area contributed by atoms with Crippen LogP contribution < -0.4 is 20.8 Å². The van der Waals surface area contributed by atoms with Gasteiger partial charge in [0, 0.05) is 12.6 Å². The van der Waals surface area contributed by atoms with Crippen LogP contribution in [0.2, 0.25) is 0 Å². The van der Waals surface area contributed by atoms with Gasteiger partial charge in [-0.05, 0) is 18.6 Å². The molecule has 0 aliphatic rings. The maximum atomic E-state index is 11.6. The van der Waals surface area contributed by atoms with Crippen LogP contribution in [0, 0.1) is 0 Å². The number of ether oxygens (including phenoxy) is 1. The number of thiazole rings is 1. The monoisotopic (exact) mass is 339 g/mol. The zero-order valence-electron chi connectivity index (χ0n) is 13.6. The molecule has 7 heteroatoms. The largest absolute Gasteiger partial charge is 0.489 e. The summed E-state index contributed by atoms with van der Waals surface area (Å²) < 4.78 is 6.92. The summed E-state index contributed by atoms with van der Waals surface area (Å²) in [5.74, 6) is 0.777. The molecule has 2 N–H and O–H groups in total. The molecule has 0 saturated carbocycles. The second-order valence-corrected chi connectivity index (χ2v) is 6.37. The predicted molar refractivity (Wildman–Crippen MR) is 101 cm³/mol. The van der Waals surface area contributed by atoms with Crippen molar-refractivity contribution in [2.24, 2.45) is 0 Å². The number of anilines is 1. The summed E-state index contributed by atoms with van der Waals surface area (Å²) in [6, 6.07) is 13.7. The molecule has 2 aromatic carbocycles. The highest BCUT2D eigenvalue weighted by molar-refractivity contribution is 7.23. The summed E-state index contributed by atoms with van der Waals surface area (Å²) in [6.07, 6.45) is 0. The molecule has 1 aromatic heterocycles. The van der Waals surface area contributed by atoms with Crippen LogP contribution in [0.15, 0.2) is 42.5 Å². The molecular formula is C17H18BN3O2S. The lowest BCUT2D eigenvalue weighted by molar-refractivity contribution is 0.252. The van der Waals surface area contributed by atoms with Crippen LogP contribution in [-0.4, -0.2) is 25.4 Å². The van der Waals surface area contributed by atoms with Crippen molar-refractivity contribution in [3.63, 3.8) is 0 Å². The fraction of sp³-hybridized carbons (Fsp3) is 0.176. The second-order valence-electron chi connectivity index (χ2n) is 5.37. The number of benzene rings is 2. The number of rotatable bonds is 5. The lowest BCUT2D eigenvalue weighted by atomic mass is 9.96. The zero-order chi connectivity index (χ0) is 16.9. The molecule has 0 atom stereocenters. The first-order valence-electron chi connectivity index (χ1n) is 7.78. The van der Waals surface area contributed by atoms with Crippen molar-refractivity contribution < 1.29 is 9.53 Å². The van der Waals surface area contributed by atoms with Crippen LogP contribution in [0.3, 0.4) is 0 Å². The smallest absolute Gasteiger partial charge is 0.321 e. The van der Waals surface area contributed by atoms with Crippen LogP contribution in [0.25, 0.3) is 10.2 Å². The van der Waals surface area contributed by atoms with E-state index in [1.807, 2.05) is 57.2 Å². The summed E-state index contributed by atoms with van der Waals surface area (Å²) in [5.41, 5.74) is 3.03. The van der Waals surface area contributed by atoms with Crippen molar-refractivity contribution in [2.75, 3.05) is 11.9 Å². The third-order valence-electron chi connectivity index (χ3n) is 3.46. The van der Waals surface area contributed by atoms with E-state index < -0.39 is 0 Å². The Morgan fingerprint density at radius 1 is 1.29 bits per heavy atom. The number of amides is 2. The Kier molecular flexibility index (Phi) is 5.00. The molecule has 122 valence electrons. The van der Waals surface area contributed by atoms with E-state index in [1.54, 1.807) is 0 Å². The van der Waals surface area contributed by atoms with Crippen molar-refractivity contribution in [1.29, 1.82) is 0 Å². The number of aromatic nitrogens is 1. The van der Waals surface area contributed by atoms with E-state index in [9.17, 15) is 4.79 Å². The van der Waals surface area contributed by atoms with Crippen LogP contribution in [0.5, 0.6) is 5.75 Å². The first kappa shape index (κ1) is 16.3. The number of hydrogen-bond donors (Lipinski definition) is 2. The Labute approximate surface area is 145 Å². The Bertz CT molecular complexity index is 852. The summed E-state index contributed by atoms with van der Waals surface area (Å²) in [5, 5.41) is 6.03. The molecule has 3 rings (SSSR count). The molecule has 0 unspecified atom stereocenters. The first-order valence-corrected chi connectivity index (χ1v) is 8.60. The van der Waals surface area contributed by atoms with Gasteiger partial charge in [-0.2, -0.15) is 0 Å². The number of urea groups is 1. The van der Waals surface area contributed by atoms with Gasteiger partial charge in [-0.1, -0.05) is 47.1 Å². The molecule has 0 aliphatic carbocycles. The number of carbonyl (C=O) groups is 1. The molecule has 0 saturated heterocycles. The summed E-state index contributed by atoms with van der Waals surface area (Å²) >= 11 is 1.46. The molecule has 0 fully saturated rings. The molecule has 3 aromatic rings. The molecule has 0 spiro atoms. The molecule has 2 amide bonds. The SMILES string of the molecule is Bc1cc(OCc2ccccc2)cc2nc(NC(=O)NCC)sc12. The van der Waals surface area contributed by atoms with Crippen molar-refractivity contribution in [3.05, 3.63) is 48.0 Å². The average molecular weight is 339 g/mol. The number of nitrogens with one attached hydrogen (secondary N) is 2. The van der Waals surface area contributed by atoms with Crippen LogP contribution >= 0.6 is 11.3 Å². The van der Waals surface area contributed by atoms with Gasteiger partial charge in [0.2, 0.25) is 0 Å². The van der Waals surface area contributed by atoms with E-state index in [2.05, 4.69) is 15.6 Å². The number of hydrogen-bond acceptors (Lipinski definition) is 4. The van der Waals surface area contributed by atoms with E-state index in [4.69, 9.17) is 4.74 Å². The van der Waals surface area contributed by atoms with Gasteiger partial charge in [0.1, 0.15) is 20.2 Å². The quantitative estimate of drug-likeness (QED) is 0.701. The van der Waals surface area contributed by atoms with Gasteiger partial charge in [-0.15, -0.1) is 0 Å². The minimum atomic E-state index is -0.241. The maximum Gasteiger partial charge on any atom is 0.321 e. The second kappa shape index (κ2) is 7.36. The standard InChI is InChI=1S/C17H18BN3O2S/c1-2-19-16(22)21-17-20-14-9-12(8-13(18)15(14)24-17)23-10-11-6-4-3-5-7-11/h3-9H,2,10,18H2,1H3,(H2,19,20,21,22). The summed E-state index contributed by atoms with van der Waals surface area (Å²) in [6.45, 7) is 2.96. The molecular weight excluding hydrogens is 321 g/mol. The normalized spacial score (nSPS) is 10.5. The van der Waals surface area contributed by atoms with Gasteiger partial charge in [0.25, 0.3) is 0 Å². The molecule has 0 radical (unpaired) electrons. The third kappa shape index (κ3) is 3.86. The fourth-order valence-electron chi connectivity index (χ4n) is 2.35. The highest BCUT2D eigenvalue weighted by atomic mass is 32.1. The average Bonchev–Trinajstić information content (AvgIpc) is 2.97. The minimum absolute atomic E-state index is 0.241. The number of fused-ring (bicyclic) bond motifs is 1. The third-order valence-corrected chi connectivity index (χ3v) is 4.58. The van der Waals surface area contributed by atoms with Crippen molar-refractivity contribution in [1.82, 2.24) is 10.3 Å². The highest BCUT2D eigenvalue weighted by Crippen LogP contribution is 2.27. The van der Waals surface area contributed by atoms with Gasteiger partial charge >= 0.3 is 6.03 Å². The lowest BCUT2D eigenvalue weighted by Crippen LogP contribution is -2.28. The van der Waals surface area contributed by atoms with Gasteiger partial charge in [-0.25, -0.2) is 9.78 Å². The number of carbonyl (C=O) groups excluding carboxylic acids is 1. The maximum absolute atomic E-state index is 11.6. The van der Waals surface area contributed by atoms with Gasteiger partial charge in [0.05, 0.1) is 10.2 Å². The Hall–Kier alpha value is -2.54. The van der Waals surface area contributed by atoms with Crippen LogP contribution in [-0.2, 0) is 6.61 Å². The van der Waals surface area contributed by atoms with E-state index in [0.29, 0.717) is 18.3 Å². The Balaban J connectivity index is 1.77. The zero-order valence-corrected chi connectivity index (χ0v) is 14.4. The van der Waals surface area contributed by atoms with Gasteiger partial charge < -0.3 is 10.1 Å². The summed E-state index contributed by atoms with van der Waals surface area (Å²) in [4.78, 5) is 16.1. The predicted octanol–water partition coefficient (Wildman–Crippen LogP) is 2.28. The minimum Gasteiger partial charge on any atom is -0.489 e. The topological polar surface area (TPSA) is 63.2 Å². The van der Waals surface area contributed by atoms with Crippen molar-refractivity contribution >= 4 is 46.0 Å². The molecule has 5 nitrogen and oxygen atoms in total. The Morgan fingerprint density at radius 2 is 2.08 bits per heavy atom. The molecule has 24 heavy (non-hydrogen) atoms. The molecule has 0 aliphatic heterocycles. The van der Waals surface area contributed by atoms with E-state index in [-0.39, 0.29) is 6.03 Å². The molecule has 1 heterocycles. The number of nitrogens with zero attached hydrogens (tertiary/aromatic N) is 1. The van der Waals surface area contributed by atoms with Crippen molar-refractivity contribution in [2.45, 2.75) is 13.5 Å². The van der Waals surface area contributed by atoms with Gasteiger partial charge in [0.15, 0.2) is 5.13 Å². The van der Waals surface area contributed by atoms with Crippen molar-refractivity contribution in [3.8, 4) is 5.75 Å². The van der Waals surface area contributed by atoms with Crippen LogP contribution in [0.1, 0.15) is 12.5 Å².